The standard InChI is InChI=1S/C11H18O3/c1-4-14-11(13)7-5-6-9(2)10(3)8-12/h8H,4-7H2,1-3H3/b10-9-. The third-order valence-electron chi connectivity index (χ3n) is 2.09. The van der Waals surface area contributed by atoms with E-state index in [2.05, 4.69) is 0 Å². The molecule has 3 heteroatoms. The van der Waals surface area contributed by atoms with Gasteiger partial charge in [0, 0.05) is 6.42 Å². The second kappa shape index (κ2) is 7.30. The van der Waals surface area contributed by atoms with E-state index in [-0.39, 0.29) is 5.97 Å². The van der Waals surface area contributed by atoms with Crippen LogP contribution in [0.5, 0.6) is 0 Å². The summed E-state index contributed by atoms with van der Waals surface area (Å²) in [4.78, 5) is 21.4. The van der Waals surface area contributed by atoms with E-state index in [1.807, 2.05) is 6.92 Å². The van der Waals surface area contributed by atoms with Crippen LogP contribution in [0.1, 0.15) is 40.0 Å². The van der Waals surface area contributed by atoms with Crippen LogP contribution in [0.3, 0.4) is 0 Å². The topological polar surface area (TPSA) is 43.4 Å². The van der Waals surface area contributed by atoms with Gasteiger partial charge in [-0.2, -0.15) is 0 Å². The molecule has 80 valence electrons. The lowest BCUT2D eigenvalue weighted by Gasteiger charge is -2.03. The van der Waals surface area contributed by atoms with Crippen molar-refractivity contribution in [1.29, 1.82) is 0 Å². The molecule has 0 fully saturated rings. The van der Waals surface area contributed by atoms with Crippen molar-refractivity contribution in [2.75, 3.05) is 6.61 Å². The maximum absolute atomic E-state index is 11.0. The van der Waals surface area contributed by atoms with E-state index < -0.39 is 0 Å². The Morgan fingerprint density at radius 2 is 1.93 bits per heavy atom. The quantitative estimate of drug-likeness (QED) is 0.373. The third-order valence-corrected chi connectivity index (χ3v) is 2.09. The normalized spacial score (nSPS) is 11.9. The van der Waals surface area contributed by atoms with E-state index in [4.69, 9.17) is 4.74 Å². The van der Waals surface area contributed by atoms with E-state index in [0.29, 0.717) is 13.0 Å². The van der Waals surface area contributed by atoms with Crippen molar-refractivity contribution in [2.24, 2.45) is 0 Å². The summed E-state index contributed by atoms with van der Waals surface area (Å²) >= 11 is 0. The third kappa shape index (κ3) is 5.51. The Kier molecular flexibility index (Phi) is 6.72. The van der Waals surface area contributed by atoms with Gasteiger partial charge in [0.25, 0.3) is 0 Å². The zero-order valence-corrected chi connectivity index (χ0v) is 9.13. The summed E-state index contributed by atoms with van der Waals surface area (Å²) in [5.41, 5.74) is 1.80. The van der Waals surface area contributed by atoms with Crippen LogP contribution in [0.2, 0.25) is 0 Å². The Balaban J connectivity index is 3.74. The minimum Gasteiger partial charge on any atom is -0.466 e. The van der Waals surface area contributed by atoms with Crippen molar-refractivity contribution < 1.29 is 14.3 Å². The van der Waals surface area contributed by atoms with Crippen molar-refractivity contribution in [2.45, 2.75) is 40.0 Å². The highest BCUT2D eigenvalue weighted by atomic mass is 16.5. The molecule has 0 aromatic heterocycles. The fraction of sp³-hybridized carbons (Fsp3) is 0.636. The zero-order chi connectivity index (χ0) is 11.0. The predicted molar refractivity (Wildman–Crippen MR) is 54.9 cm³/mol. The maximum atomic E-state index is 11.0. The van der Waals surface area contributed by atoms with Gasteiger partial charge in [0.2, 0.25) is 0 Å². The van der Waals surface area contributed by atoms with Gasteiger partial charge in [-0.3, -0.25) is 9.59 Å². The largest absolute Gasteiger partial charge is 0.466 e. The van der Waals surface area contributed by atoms with Gasteiger partial charge in [0.05, 0.1) is 6.61 Å². The minimum absolute atomic E-state index is 0.163. The molecule has 0 saturated carbocycles. The maximum Gasteiger partial charge on any atom is 0.305 e. The first-order valence-electron chi connectivity index (χ1n) is 4.89. The first-order valence-corrected chi connectivity index (χ1v) is 4.89. The minimum atomic E-state index is -0.163. The summed E-state index contributed by atoms with van der Waals surface area (Å²) in [6.07, 6.45) is 2.80. The average Bonchev–Trinajstić information content (AvgIpc) is 2.16. The van der Waals surface area contributed by atoms with Crippen LogP contribution in [0.15, 0.2) is 11.1 Å². The van der Waals surface area contributed by atoms with Crippen LogP contribution < -0.4 is 0 Å². The lowest BCUT2D eigenvalue weighted by Crippen LogP contribution is -2.03. The van der Waals surface area contributed by atoms with Gasteiger partial charge in [-0.05, 0) is 39.2 Å². The highest BCUT2D eigenvalue weighted by Gasteiger charge is 2.02. The second-order valence-electron chi connectivity index (χ2n) is 3.24. The molecule has 0 amide bonds. The van der Waals surface area contributed by atoms with E-state index in [1.54, 1.807) is 13.8 Å². The molecule has 14 heavy (non-hydrogen) atoms. The Morgan fingerprint density at radius 1 is 1.29 bits per heavy atom. The smallest absolute Gasteiger partial charge is 0.305 e. The molecular formula is C11H18O3. The SMILES string of the molecule is CCOC(=O)CCC/C(C)=C(/C)C=O. The number of aldehydes is 1. The fourth-order valence-corrected chi connectivity index (χ4v) is 1.03. The number of rotatable bonds is 6. The summed E-state index contributed by atoms with van der Waals surface area (Å²) in [6, 6.07) is 0. The summed E-state index contributed by atoms with van der Waals surface area (Å²) in [6.45, 7) is 5.92. The lowest BCUT2D eigenvalue weighted by atomic mass is 10.1. The molecule has 0 spiro atoms. The van der Waals surface area contributed by atoms with Crippen molar-refractivity contribution in [3.8, 4) is 0 Å². The van der Waals surface area contributed by atoms with Crippen molar-refractivity contribution in [3.63, 3.8) is 0 Å². The Bertz CT molecular complexity index is 229. The predicted octanol–water partition coefficient (Wildman–Crippen LogP) is 2.26. The highest BCUT2D eigenvalue weighted by molar-refractivity contribution is 5.73. The molecular weight excluding hydrogens is 180 g/mol. The molecule has 0 saturated heterocycles. The molecule has 0 aliphatic rings. The fourth-order valence-electron chi connectivity index (χ4n) is 1.03. The van der Waals surface area contributed by atoms with Gasteiger partial charge in [0.15, 0.2) is 0 Å². The number of esters is 1. The van der Waals surface area contributed by atoms with Crippen LogP contribution in [0, 0.1) is 0 Å². The molecule has 0 atom stereocenters. The first kappa shape index (κ1) is 12.9. The van der Waals surface area contributed by atoms with Gasteiger partial charge in [-0.15, -0.1) is 0 Å². The van der Waals surface area contributed by atoms with Gasteiger partial charge in [-0.1, -0.05) is 5.57 Å². The molecule has 0 heterocycles. The van der Waals surface area contributed by atoms with Crippen LogP contribution >= 0.6 is 0 Å². The Labute approximate surface area is 85.1 Å². The molecule has 0 radical (unpaired) electrons. The van der Waals surface area contributed by atoms with Crippen LogP contribution in [-0.4, -0.2) is 18.9 Å². The number of hydrogen-bond acceptors (Lipinski definition) is 3. The van der Waals surface area contributed by atoms with Crippen molar-refractivity contribution >= 4 is 12.3 Å². The molecule has 0 aromatic rings. The van der Waals surface area contributed by atoms with Gasteiger partial charge < -0.3 is 4.74 Å². The van der Waals surface area contributed by atoms with E-state index >= 15 is 0 Å². The van der Waals surface area contributed by atoms with Gasteiger partial charge >= 0.3 is 5.97 Å². The molecule has 0 rings (SSSR count). The van der Waals surface area contributed by atoms with Gasteiger partial charge in [0.1, 0.15) is 6.29 Å². The van der Waals surface area contributed by atoms with E-state index in [0.717, 1.165) is 30.3 Å². The molecule has 0 N–H and O–H groups in total. The van der Waals surface area contributed by atoms with Crippen LogP contribution in [0.25, 0.3) is 0 Å². The first-order chi connectivity index (χ1) is 6.61. The highest BCUT2D eigenvalue weighted by Crippen LogP contribution is 2.10. The number of carbonyl (C=O) groups is 2. The average molecular weight is 198 g/mol. The van der Waals surface area contributed by atoms with E-state index in [1.165, 1.54) is 0 Å². The summed E-state index contributed by atoms with van der Waals surface area (Å²) in [7, 11) is 0. The van der Waals surface area contributed by atoms with E-state index in [9.17, 15) is 9.59 Å². The molecule has 0 aliphatic heterocycles. The van der Waals surface area contributed by atoms with Gasteiger partial charge in [-0.25, -0.2) is 0 Å². The van der Waals surface area contributed by atoms with Crippen LogP contribution in [0.4, 0.5) is 0 Å². The summed E-state index contributed by atoms with van der Waals surface area (Å²) in [5.74, 6) is -0.163. The number of carbonyl (C=O) groups excluding carboxylic acids is 2. The Morgan fingerprint density at radius 3 is 2.43 bits per heavy atom. The second-order valence-corrected chi connectivity index (χ2v) is 3.24. The number of hydrogen-bond donors (Lipinski definition) is 0. The zero-order valence-electron chi connectivity index (χ0n) is 9.13. The van der Waals surface area contributed by atoms with Crippen molar-refractivity contribution in [3.05, 3.63) is 11.1 Å². The molecule has 0 aliphatic carbocycles. The number of allylic oxidation sites excluding steroid dienone is 2. The van der Waals surface area contributed by atoms with Crippen molar-refractivity contribution in [1.82, 2.24) is 0 Å². The Hall–Kier alpha value is -1.12. The summed E-state index contributed by atoms with van der Waals surface area (Å²) in [5, 5.41) is 0. The lowest BCUT2D eigenvalue weighted by molar-refractivity contribution is -0.143. The number of ether oxygens (including phenoxy) is 1. The monoisotopic (exact) mass is 198 g/mol. The summed E-state index contributed by atoms with van der Waals surface area (Å²) < 4.78 is 4.79. The van der Waals surface area contributed by atoms with Crippen LogP contribution in [-0.2, 0) is 14.3 Å². The molecule has 0 unspecified atom stereocenters. The molecule has 3 nitrogen and oxygen atoms in total. The molecule has 0 aromatic carbocycles. The molecule has 0 bridgehead atoms.